The fourth-order valence-electron chi connectivity index (χ4n) is 8.35. The summed E-state index contributed by atoms with van der Waals surface area (Å²) in [5.74, 6) is -0.185. The van der Waals surface area contributed by atoms with Crippen LogP contribution in [0.25, 0.3) is 0 Å². The molecule has 390 valence electrons. The smallest absolute Gasteiger partial charge is 0.387 e. The van der Waals surface area contributed by atoms with Crippen LogP contribution in [0.2, 0.25) is 0 Å². The summed E-state index contributed by atoms with van der Waals surface area (Å²) in [6, 6.07) is -0.863. The van der Waals surface area contributed by atoms with Gasteiger partial charge in [-0.2, -0.15) is 0 Å². The Labute approximate surface area is 410 Å². The Bertz CT molecular complexity index is 1170. The van der Waals surface area contributed by atoms with Crippen LogP contribution in [0.15, 0.2) is 36.5 Å². The molecule has 0 aromatic carbocycles. The molecule has 0 spiro atoms. The Morgan fingerprint density at radius 3 is 1.21 bits per heavy atom. The first-order valence-electron chi connectivity index (χ1n) is 28.4. The van der Waals surface area contributed by atoms with Crippen molar-refractivity contribution in [1.29, 1.82) is 0 Å². The van der Waals surface area contributed by atoms with E-state index in [2.05, 4.69) is 43.5 Å². The van der Waals surface area contributed by atoms with Gasteiger partial charge in [0, 0.05) is 6.42 Å². The predicted molar refractivity (Wildman–Crippen MR) is 286 cm³/mol. The topological polar surface area (TPSA) is 105 Å². The van der Waals surface area contributed by atoms with E-state index in [9.17, 15) is 19.4 Å². The molecule has 9 heteroatoms. The van der Waals surface area contributed by atoms with Gasteiger partial charge in [0.25, 0.3) is 0 Å². The Morgan fingerprint density at radius 2 is 0.833 bits per heavy atom. The molecule has 0 aromatic rings. The minimum atomic E-state index is -4.35. The molecular formula is C57H112N2O6P+. The molecule has 3 atom stereocenters. The number of aliphatic hydroxyl groups is 1. The number of hydrogen-bond acceptors (Lipinski definition) is 5. The van der Waals surface area contributed by atoms with E-state index in [1.54, 1.807) is 6.08 Å². The molecule has 0 aromatic heterocycles. The minimum Gasteiger partial charge on any atom is -0.387 e. The number of nitrogens with zero attached hydrogens (tertiary/aromatic N) is 1. The molecule has 0 rings (SSSR count). The van der Waals surface area contributed by atoms with Crippen LogP contribution in [-0.2, 0) is 18.4 Å². The highest BCUT2D eigenvalue weighted by Crippen LogP contribution is 2.43. The van der Waals surface area contributed by atoms with Gasteiger partial charge in [0.05, 0.1) is 39.9 Å². The van der Waals surface area contributed by atoms with E-state index < -0.39 is 20.0 Å². The number of likely N-dealkylation sites (N-methyl/N-ethyl adjacent to an activating group) is 1. The highest BCUT2D eigenvalue weighted by Gasteiger charge is 2.27. The van der Waals surface area contributed by atoms with Crippen LogP contribution in [0.4, 0.5) is 0 Å². The number of rotatable bonds is 52. The number of phosphoric acid groups is 1. The fraction of sp³-hybridized carbons (Fsp3) is 0.877. The van der Waals surface area contributed by atoms with Gasteiger partial charge >= 0.3 is 7.82 Å². The first-order valence-corrected chi connectivity index (χ1v) is 29.9. The Balaban J connectivity index is 4.22. The number of quaternary nitrogens is 1. The van der Waals surface area contributed by atoms with Gasteiger partial charge in [-0.25, -0.2) is 4.57 Å². The number of hydrogen-bond donors (Lipinski definition) is 3. The van der Waals surface area contributed by atoms with Crippen molar-refractivity contribution in [2.24, 2.45) is 0 Å². The molecule has 66 heavy (non-hydrogen) atoms. The van der Waals surface area contributed by atoms with Gasteiger partial charge in [0.1, 0.15) is 13.2 Å². The lowest BCUT2D eigenvalue weighted by Gasteiger charge is -2.25. The molecule has 0 radical (unpaired) electrons. The Kier molecular flexibility index (Phi) is 47.8. The zero-order valence-electron chi connectivity index (χ0n) is 44.4. The molecule has 0 saturated carbocycles. The number of allylic oxidation sites excluding steroid dienone is 5. The van der Waals surface area contributed by atoms with E-state index in [0.717, 1.165) is 38.5 Å². The van der Waals surface area contributed by atoms with Crippen LogP contribution in [0.1, 0.15) is 271 Å². The van der Waals surface area contributed by atoms with E-state index in [0.29, 0.717) is 17.4 Å². The summed E-state index contributed by atoms with van der Waals surface area (Å²) < 4.78 is 23.7. The van der Waals surface area contributed by atoms with Crippen LogP contribution in [-0.4, -0.2) is 73.4 Å². The number of nitrogens with one attached hydrogen (secondary N) is 1. The first kappa shape index (κ1) is 64.7. The molecule has 0 saturated heterocycles. The second kappa shape index (κ2) is 48.7. The largest absolute Gasteiger partial charge is 0.472 e. The third kappa shape index (κ3) is 50.6. The first-order chi connectivity index (χ1) is 32.0. The zero-order chi connectivity index (χ0) is 48.5. The SMILES string of the molecule is CCCCCCCCCCCCCC/C=C\CCCCCCCCCCCCC(=O)NC(COP(=O)(O)OCC[N+](C)(C)C)C(O)/C=C/CC/C=C/CCCCCCCCCCCCCC. The predicted octanol–water partition coefficient (Wildman–Crippen LogP) is 17.0. The van der Waals surface area contributed by atoms with Crippen molar-refractivity contribution in [1.82, 2.24) is 5.32 Å². The van der Waals surface area contributed by atoms with Crippen molar-refractivity contribution in [3.63, 3.8) is 0 Å². The molecular weight excluding hydrogens is 840 g/mol. The van der Waals surface area contributed by atoms with Crippen molar-refractivity contribution >= 4 is 13.7 Å². The van der Waals surface area contributed by atoms with Gasteiger partial charge in [-0.05, 0) is 57.8 Å². The van der Waals surface area contributed by atoms with E-state index in [1.165, 1.54) is 212 Å². The molecule has 0 heterocycles. The maximum Gasteiger partial charge on any atom is 0.472 e. The van der Waals surface area contributed by atoms with Gasteiger partial charge in [-0.15, -0.1) is 0 Å². The summed E-state index contributed by atoms with van der Waals surface area (Å²) >= 11 is 0. The number of phosphoric ester groups is 1. The summed E-state index contributed by atoms with van der Waals surface area (Å²) in [5.41, 5.74) is 0. The number of unbranched alkanes of at least 4 members (excludes halogenated alkanes) is 35. The van der Waals surface area contributed by atoms with Crippen LogP contribution >= 0.6 is 7.82 Å². The van der Waals surface area contributed by atoms with Gasteiger partial charge in [-0.3, -0.25) is 13.8 Å². The molecule has 0 aliphatic carbocycles. The lowest BCUT2D eigenvalue weighted by atomic mass is 10.0. The monoisotopic (exact) mass is 952 g/mol. The highest BCUT2D eigenvalue weighted by atomic mass is 31.2. The molecule has 3 N–H and O–H groups in total. The fourth-order valence-corrected chi connectivity index (χ4v) is 9.08. The maximum absolute atomic E-state index is 13.0. The van der Waals surface area contributed by atoms with Gasteiger partial charge in [0.15, 0.2) is 0 Å². The zero-order valence-corrected chi connectivity index (χ0v) is 45.3. The van der Waals surface area contributed by atoms with Crippen molar-refractivity contribution in [2.45, 2.75) is 283 Å². The van der Waals surface area contributed by atoms with Crippen molar-refractivity contribution in [3.8, 4) is 0 Å². The third-order valence-corrected chi connectivity index (χ3v) is 13.8. The highest BCUT2D eigenvalue weighted by molar-refractivity contribution is 7.47. The van der Waals surface area contributed by atoms with Crippen LogP contribution in [0, 0.1) is 0 Å². The quantitative estimate of drug-likeness (QED) is 0.0243. The lowest BCUT2D eigenvalue weighted by Crippen LogP contribution is -2.45. The average molecular weight is 953 g/mol. The molecule has 3 unspecified atom stereocenters. The molecule has 0 fully saturated rings. The Hall–Kier alpha value is -1.28. The maximum atomic E-state index is 13.0. The number of aliphatic hydroxyl groups excluding tert-OH is 1. The lowest BCUT2D eigenvalue weighted by molar-refractivity contribution is -0.870. The normalized spacial score (nSPS) is 14.2. The summed E-state index contributed by atoms with van der Waals surface area (Å²) in [6.07, 6.45) is 62.5. The van der Waals surface area contributed by atoms with E-state index in [1.807, 2.05) is 27.2 Å². The van der Waals surface area contributed by atoms with E-state index >= 15 is 0 Å². The average Bonchev–Trinajstić information content (AvgIpc) is 3.28. The molecule has 0 aliphatic heterocycles. The second-order valence-electron chi connectivity index (χ2n) is 20.7. The summed E-state index contributed by atoms with van der Waals surface area (Å²) in [7, 11) is 1.56. The molecule has 0 aliphatic rings. The van der Waals surface area contributed by atoms with Crippen LogP contribution < -0.4 is 5.32 Å². The minimum absolute atomic E-state index is 0.0566. The number of carbonyl (C=O) groups excluding carboxylic acids is 1. The van der Waals surface area contributed by atoms with Crippen molar-refractivity contribution < 1.29 is 32.9 Å². The van der Waals surface area contributed by atoms with Crippen molar-refractivity contribution in [2.75, 3.05) is 40.9 Å². The summed E-state index contributed by atoms with van der Waals surface area (Å²) in [6.45, 7) is 4.82. The summed E-state index contributed by atoms with van der Waals surface area (Å²) in [5, 5.41) is 13.9. The van der Waals surface area contributed by atoms with E-state index in [-0.39, 0.29) is 19.1 Å². The molecule has 1 amide bonds. The van der Waals surface area contributed by atoms with Gasteiger partial charge < -0.3 is 19.8 Å². The summed E-state index contributed by atoms with van der Waals surface area (Å²) in [4.78, 5) is 23.3. The standard InChI is InChI=1S/C57H111N2O6P/c1-6-8-10-12-14-16-18-20-22-24-26-27-28-29-30-31-32-33-35-37-39-41-43-45-47-49-51-57(61)58-55(54-65-66(62,63)64-53-52-59(3,4)5)56(60)50-48-46-44-42-40-38-36-34-25-23-21-19-17-15-13-11-9-7-2/h29-30,40,42,48,50,55-56,60H,6-28,31-39,41,43-47,49,51-54H2,1-5H3,(H-,58,61,62,63)/p+1/b30-29-,42-40+,50-48+. The van der Waals surface area contributed by atoms with Crippen molar-refractivity contribution in [3.05, 3.63) is 36.5 Å². The second-order valence-corrected chi connectivity index (χ2v) is 22.1. The van der Waals surface area contributed by atoms with E-state index in [4.69, 9.17) is 9.05 Å². The van der Waals surface area contributed by atoms with Crippen LogP contribution in [0.3, 0.4) is 0 Å². The molecule has 8 nitrogen and oxygen atoms in total. The number of amides is 1. The number of carbonyl (C=O) groups is 1. The molecule has 0 bridgehead atoms. The third-order valence-electron chi connectivity index (χ3n) is 12.8. The van der Waals surface area contributed by atoms with Gasteiger partial charge in [0.2, 0.25) is 5.91 Å². The van der Waals surface area contributed by atoms with Crippen LogP contribution in [0.5, 0.6) is 0 Å². The Morgan fingerprint density at radius 1 is 0.500 bits per heavy atom. The van der Waals surface area contributed by atoms with Gasteiger partial charge in [-0.1, -0.05) is 243 Å².